The summed E-state index contributed by atoms with van der Waals surface area (Å²) >= 11 is 6.23. The van der Waals surface area contributed by atoms with Gasteiger partial charge in [-0.05, 0) is 18.1 Å². The smallest absolute Gasteiger partial charge is 0.179 e. The van der Waals surface area contributed by atoms with E-state index in [2.05, 4.69) is 5.32 Å². The fourth-order valence-electron chi connectivity index (χ4n) is 1.58. The predicted octanol–water partition coefficient (Wildman–Crippen LogP) is 2.22. The summed E-state index contributed by atoms with van der Waals surface area (Å²) in [5.74, 6) is 1.15. The molecule has 0 aliphatic rings. The van der Waals surface area contributed by atoms with Gasteiger partial charge in [-0.2, -0.15) is 0 Å². The molecule has 0 radical (unpaired) electrons. The van der Waals surface area contributed by atoms with Crippen molar-refractivity contribution < 1.29 is 14.6 Å². The average molecular weight is 274 g/mol. The molecule has 0 saturated carbocycles. The topological polar surface area (TPSA) is 50.7 Å². The Morgan fingerprint density at radius 3 is 2.61 bits per heavy atom. The van der Waals surface area contributed by atoms with Crippen LogP contribution in [0.3, 0.4) is 0 Å². The minimum absolute atomic E-state index is 0.330. The van der Waals surface area contributed by atoms with Crippen molar-refractivity contribution in [3.63, 3.8) is 0 Å². The monoisotopic (exact) mass is 273 g/mol. The van der Waals surface area contributed by atoms with E-state index in [1.807, 2.05) is 19.1 Å². The molecule has 0 aromatic heterocycles. The largest absolute Gasteiger partial charge is 0.493 e. The van der Waals surface area contributed by atoms with E-state index in [0.29, 0.717) is 29.6 Å². The highest BCUT2D eigenvalue weighted by Gasteiger charge is 2.12. The summed E-state index contributed by atoms with van der Waals surface area (Å²) in [6.45, 7) is 3.06. The van der Waals surface area contributed by atoms with E-state index >= 15 is 0 Å². The van der Waals surface area contributed by atoms with Gasteiger partial charge in [-0.25, -0.2) is 0 Å². The van der Waals surface area contributed by atoms with Crippen LogP contribution in [0.5, 0.6) is 11.5 Å². The van der Waals surface area contributed by atoms with Crippen LogP contribution >= 0.6 is 11.6 Å². The van der Waals surface area contributed by atoms with Crippen LogP contribution in [0.15, 0.2) is 12.1 Å². The van der Waals surface area contributed by atoms with Crippen LogP contribution in [0.4, 0.5) is 0 Å². The van der Waals surface area contributed by atoms with Gasteiger partial charge in [-0.15, -0.1) is 0 Å². The second-order valence-electron chi connectivity index (χ2n) is 3.97. The summed E-state index contributed by atoms with van der Waals surface area (Å²) in [6.07, 6.45) is 0.399. The number of benzene rings is 1. The van der Waals surface area contributed by atoms with Crippen LogP contribution in [-0.2, 0) is 6.54 Å². The zero-order valence-electron chi connectivity index (χ0n) is 11.0. The Bertz CT molecular complexity index is 385. The first kappa shape index (κ1) is 15.1. The Balaban J connectivity index is 2.72. The molecule has 2 N–H and O–H groups in total. The molecule has 102 valence electrons. The van der Waals surface area contributed by atoms with Gasteiger partial charge >= 0.3 is 0 Å². The third-order valence-corrected chi connectivity index (χ3v) is 3.15. The van der Waals surface area contributed by atoms with E-state index in [9.17, 15) is 5.11 Å². The number of halogens is 1. The van der Waals surface area contributed by atoms with Crippen LogP contribution in [0, 0.1) is 0 Å². The minimum atomic E-state index is -0.330. The zero-order chi connectivity index (χ0) is 13.5. The molecular formula is C13H20ClNO3. The molecule has 1 aromatic carbocycles. The minimum Gasteiger partial charge on any atom is -0.493 e. The number of methoxy groups -OCH3 is 2. The second kappa shape index (κ2) is 7.46. The number of hydrogen-bond donors (Lipinski definition) is 2. The second-order valence-corrected chi connectivity index (χ2v) is 4.35. The molecule has 0 heterocycles. The first-order valence-corrected chi connectivity index (χ1v) is 6.29. The third-order valence-electron chi connectivity index (χ3n) is 2.73. The lowest BCUT2D eigenvalue weighted by molar-refractivity contribution is 0.167. The van der Waals surface area contributed by atoms with Gasteiger partial charge in [-0.3, -0.25) is 0 Å². The molecule has 4 nitrogen and oxygen atoms in total. The fourth-order valence-corrected chi connectivity index (χ4v) is 1.88. The van der Waals surface area contributed by atoms with Crippen molar-refractivity contribution >= 4 is 11.6 Å². The number of aliphatic hydroxyl groups excluding tert-OH is 1. The molecule has 18 heavy (non-hydrogen) atoms. The van der Waals surface area contributed by atoms with E-state index in [1.54, 1.807) is 14.2 Å². The predicted molar refractivity (Wildman–Crippen MR) is 72.6 cm³/mol. The van der Waals surface area contributed by atoms with Crippen molar-refractivity contribution in [2.24, 2.45) is 0 Å². The Labute approximate surface area is 113 Å². The Morgan fingerprint density at radius 2 is 2.06 bits per heavy atom. The molecule has 0 fully saturated rings. The molecule has 0 bridgehead atoms. The summed E-state index contributed by atoms with van der Waals surface area (Å²) < 4.78 is 10.4. The van der Waals surface area contributed by atoms with Crippen molar-refractivity contribution in [1.82, 2.24) is 5.32 Å². The van der Waals surface area contributed by atoms with E-state index in [-0.39, 0.29) is 6.10 Å². The fraction of sp³-hybridized carbons (Fsp3) is 0.538. The van der Waals surface area contributed by atoms with Crippen LogP contribution in [0.25, 0.3) is 0 Å². The van der Waals surface area contributed by atoms with Crippen molar-refractivity contribution in [3.8, 4) is 11.5 Å². The van der Waals surface area contributed by atoms with Crippen LogP contribution in [-0.4, -0.2) is 32.0 Å². The maximum Gasteiger partial charge on any atom is 0.179 e. The standard InChI is InChI=1S/C13H20ClNO3/c1-4-10(16)8-15-7-9-5-6-11(17-2)13(18-3)12(9)14/h5-6,10,15-16H,4,7-8H2,1-3H3. The van der Waals surface area contributed by atoms with Gasteiger partial charge in [0.25, 0.3) is 0 Å². The number of nitrogens with one attached hydrogen (secondary N) is 1. The highest BCUT2D eigenvalue weighted by atomic mass is 35.5. The molecule has 0 spiro atoms. The average Bonchev–Trinajstić information content (AvgIpc) is 2.39. The SMILES string of the molecule is CCC(O)CNCc1ccc(OC)c(OC)c1Cl. The van der Waals surface area contributed by atoms with Gasteiger partial charge in [0, 0.05) is 13.1 Å². The molecule has 0 aliphatic carbocycles. The number of aliphatic hydroxyl groups is 1. The molecule has 5 heteroatoms. The van der Waals surface area contributed by atoms with E-state index in [1.165, 1.54) is 0 Å². The summed E-state index contributed by atoms with van der Waals surface area (Å²) in [5, 5.41) is 13.1. The number of rotatable bonds is 7. The lowest BCUT2D eigenvalue weighted by Crippen LogP contribution is -2.25. The van der Waals surface area contributed by atoms with Gasteiger partial charge in [0.2, 0.25) is 0 Å². The lowest BCUT2D eigenvalue weighted by Gasteiger charge is -2.14. The molecule has 0 saturated heterocycles. The lowest BCUT2D eigenvalue weighted by atomic mass is 10.2. The van der Waals surface area contributed by atoms with Crippen LogP contribution < -0.4 is 14.8 Å². The normalized spacial score (nSPS) is 12.3. The molecule has 1 unspecified atom stereocenters. The first-order valence-electron chi connectivity index (χ1n) is 5.92. The van der Waals surface area contributed by atoms with Crippen molar-refractivity contribution in [2.75, 3.05) is 20.8 Å². The van der Waals surface area contributed by atoms with Crippen molar-refractivity contribution in [1.29, 1.82) is 0 Å². The molecule has 1 rings (SSSR count). The summed E-state index contributed by atoms with van der Waals surface area (Å²) in [5.41, 5.74) is 0.914. The van der Waals surface area contributed by atoms with Gasteiger partial charge < -0.3 is 19.9 Å². The molecular weight excluding hydrogens is 254 g/mol. The summed E-state index contributed by atoms with van der Waals surface area (Å²) in [7, 11) is 3.13. The third kappa shape index (κ3) is 3.77. The molecule has 1 aromatic rings. The zero-order valence-corrected chi connectivity index (χ0v) is 11.8. The summed E-state index contributed by atoms with van der Waals surface area (Å²) in [6, 6.07) is 3.70. The van der Waals surface area contributed by atoms with Crippen molar-refractivity contribution in [3.05, 3.63) is 22.7 Å². The Kier molecular flexibility index (Phi) is 6.25. The Morgan fingerprint density at radius 1 is 1.33 bits per heavy atom. The number of ether oxygens (including phenoxy) is 2. The van der Waals surface area contributed by atoms with Crippen LogP contribution in [0.1, 0.15) is 18.9 Å². The van der Waals surface area contributed by atoms with Crippen molar-refractivity contribution in [2.45, 2.75) is 26.0 Å². The first-order chi connectivity index (χ1) is 8.63. The van der Waals surface area contributed by atoms with Crippen LogP contribution in [0.2, 0.25) is 5.02 Å². The van der Waals surface area contributed by atoms with Gasteiger partial charge in [0.05, 0.1) is 25.3 Å². The van der Waals surface area contributed by atoms with Gasteiger partial charge in [0.15, 0.2) is 11.5 Å². The van der Waals surface area contributed by atoms with Gasteiger partial charge in [0.1, 0.15) is 0 Å². The Hall–Kier alpha value is -0.970. The molecule has 0 aliphatic heterocycles. The van der Waals surface area contributed by atoms with E-state index in [0.717, 1.165) is 12.0 Å². The molecule has 1 atom stereocenters. The number of hydrogen-bond acceptors (Lipinski definition) is 4. The maximum atomic E-state index is 9.45. The van der Waals surface area contributed by atoms with Gasteiger partial charge in [-0.1, -0.05) is 24.6 Å². The maximum absolute atomic E-state index is 9.45. The summed E-state index contributed by atoms with van der Waals surface area (Å²) in [4.78, 5) is 0. The van der Waals surface area contributed by atoms with E-state index < -0.39 is 0 Å². The highest BCUT2D eigenvalue weighted by Crippen LogP contribution is 2.37. The highest BCUT2D eigenvalue weighted by molar-refractivity contribution is 6.33. The quantitative estimate of drug-likeness (QED) is 0.800. The van der Waals surface area contributed by atoms with E-state index in [4.69, 9.17) is 21.1 Å². The molecule has 0 amide bonds.